The third-order valence-electron chi connectivity index (χ3n) is 1.43. The van der Waals surface area contributed by atoms with E-state index in [2.05, 4.69) is 19.4 Å². The van der Waals surface area contributed by atoms with Crippen LogP contribution in [0.4, 0.5) is 0 Å². The third-order valence-corrected chi connectivity index (χ3v) is 4.33. The second-order valence-electron chi connectivity index (χ2n) is 1.97. The molecule has 0 saturated heterocycles. The van der Waals surface area contributed by atoms with Crippen molar-refractivity contribution in [3.63, 3.8) is 0 Å². The largest absolute Gasteiger partial charge is 0.311 e. The third kappa shape index (κ3) is 1.57. The molecule has 0 aliphatic heterocycles. The molecule has 0 unspecified atom stereocenters. The molecule has 0 saturated carbocycles. The summed E-state index contributed by atoms with van der Waals surface area (Å²) in [4.78, 5) is 0. The first kappa shape index (κ1) is 7.32. The van der Waals surface area contributed by atoms with E-state index in [1.165, 1.54) is 29.2 Å². The smallest absolute Gasteiger partial charge is 0.0452 e. The van der Waals surface area contributed by atoms with Crippen LogP contribution in [-0.2, 0) is 12.8 Å². The van der Waals surface area contributed by atoms with Crippen LogP contribution in [-0.4, -0.2) is 0 Å². The van der Waals surface area contributed by atoms with Gasteiger partial charge < -0.3 is 16.4 Å². The van der Waals surface area contributed by atoms with Gasteiger partial charge in [-0.3, -0.25) is 0 Å². The number of rotatable bonds is 2. The fraction of sp³-hybridized carbons (Fsp3) is 0.571. The lowest BCUT2D eigenvalue weighted by atomic mass is 10.3. The summed E-state index contributed by atoms with van der Waals surface area (Å²) in [5, 5.41) is 3.30. The minimum absolute atomic E-state index is 1.24. The van der Waals surface area contributed by atoms with Crippen molar-refractivity contribution in [2.45, 2.75) is 26.7 Å². The summed E-state index contributed by atoms with van der Waals surface area (Å²) in [5.41, 5.74) is 2.33. The summed E-state index contributed by atoms with van der Waals surface area (Å²) in [6.45, 7) is 4.49. The number of hydrogen-bond donors (Lipinski definition) is 0. The van der Waals surface area contributed by atoms with Gasteiger partial charge in [0, 0.05) is 0 Å². The Morgan fingerprint density at radius 3 is 2.67 bits per heavy atom. The molecule has 0 atom stereocenters. The molecule has 0 aromatic carbocycles. The van der Waals surface area contributed by atoms with Gasteiger partial charge in [0.1, 0.15) is 0 Å². The molecular formula is C7H11P2-. The highest BCUT2D eigenvalue weighted by Crippen LogP contribution is 2.30. The van der Waals surface area contributed by atoms with Crippen molar-refractivity contribution in [1.82, 2.24) is 0 Å². The maximum absolute atomic E-state index is 2.33. The van der Waals surface area contributed by atoms with Crippen LogP contribution < -0.4 is 0 Å². The van der Waals surface area contributed by atoms with Gasteiger partial charge in [0.05, 0.1) is 0 Å². The van der Waals surface area contributed by atoms with Gasteiger partial charge in [-0.2, -0.15) is 5.53 Å². The molecule has 9 heavy (non-hydrogen) atoms. The Labute approximate surface area is 59.9 Å². The molecule has 2 heteroatoms. The molecule has 0 aliphatic rings. The molecule has 0 amide bonds. The number of aryl methyl sites for hydroxylation is 2. The second-order valence-corrected chi connectivity index (χ2v) is 4.49. The maximum Gasteiger partial charge on any atom is -0.0452 e. The Morgan fingerprint density at radius 2 is 2.22 bits per heavy atom. The van der Waals surface area contributed by atoms with E-state index in [0.29, 0.717) is 0 Å². The zero-order chi connectivity index (χ0) is 6.69. The van der Waals surface area contributed by atoms with E-state index in [9.17, 15) is 0 Å². The van der Waals surface area contributed by atoms with E-state index >= 15 is 0 Å². The molecule has 1 aromatic rings. The molecule has 0 aliphatic carbocycles. The lowest BCUT2D eigenvalue weighted by Gasteiger charge is -2.02. The highest BCUT2D eigenvalue weighted by molar-refractivity contribution is 7.47. The van der Waals surface area contributed by atoms with Crippen molar-refractivity contribution in [2.24, 2.45) is 0 Å². The summed E-state index contributed by atoms with van der Waals surface area (Å²) in [7, 11) is 2.95. The zero-order valence-corrected chi connectivity index (χ0v) is 7.67. The van der Waals surface area contributed by atoms with E-state index in [0.717, 1.165) is 0 Å². The SMILES string of the molecule is CCc1pc[p-]c1CC. The highest BCUT2D eigenvalue weighted by atomic mass is 31.1. The van der Waals surface area contributed by atoms with Crippen molar-refractivity contribution < 1.29 is 0 Å². The fourth-order valence-corrected chi connectivity index (χ4v) is 3.58. The highest BCUT2D eigenvalue weighted by Gasteiger charge is 1.86. The maximum atomic E-state index is 2.33. The standard InChI is InChI=1S/C7H11P2/c1-3-6-7(4-2)9-5-8-6/h5H,3-4H2,1-2H3/q-1. The van der Waals surface area contributed by atoms with Gasteiger partial charge in [0.25, 0.3) is 0 Å². The van der Waals surface area contributed by atoms with E-state index in [4.69, 9.17) is 0 Å². The van der Waals surface area contributed by atoms with Crippen molar-refractivity contribution in [3.05, 3.63) is 16.1 Å². The Morgan fingerprint density at radius 1 is 1.44 bits per heavy atom. The van der Waals surface area contributed by atoms with Gasteiger partial charge in [-0.1, -0.05) is 13.8 Å². The molecule has 0 fully saturated rings. The van der Waals surface area contributed by atoms with Gasteiger partial charge in [0.15, 0.2) is 0 Å². The van der Waals surface area contributed by atoms with Crippen molar-refractivity contribution in [3.8, 4) is 0 Å². The molecule has 0 radical (unpaired) electrons. The van der Waals surface area contributed by atoms with E-state index < -0.39 is 0 Å². The first-order valence-corrected chi connectivity index (χ1v) is 5.26. The lowest BCUT2D eigenvalue weighted by Crippen LogP contribution is -1.77. The molecule has 0 nitrogen and oxygen atoms in total. The van der Waals surface area contributed by atoms with E-state index in [1.807, 2.05) is 0 Å². The van der Waals surface area contributed by atoms with Crippen LogP contribution >= 0.6 is 16.4 Å². The average molecular weight is 157 g/mol. The quantitative estimate of drug-likeness (QED) is 0.614. The minimum Gasteiger partial charge on any atom is -0.311 e. The predicted molar refractivity (Wildman–Crippen MR) is 45.8 cm³/mol. The Bertz CT molecular complexity index is 160. The van der Waals surface area contributed by atoms with E-state index in [-0.39, 0.29) is 0 Å². The molecule has 0 N–H and O–H groups in total. The molecule has 50 valence electrons. The van der Waals surface area contributed by atoms with Crippen LogP contribution in [0.5, 0.6) is 0 Å². The van der Waals surface area contributed by atoms with Gasteiger partial charge in [0.2, 0.25) is 0 Å². The lowest BCUT2D eigenvalue weighted by molar-refractivity contribution is 1.10. The average Bonchev–Trinajstić information content (AvgIpc) is 2.33. The summed E-state index contributed by atoms with van der Waals surface area (Å²) in [6, 6.07) is 0. The zero-order valence-electron chi connectivity index (χ0n) is 5.89. The Hall–Kier alpha value is 0.210. The molecule has 0 spiro atoms. The molecular weight excluding hydrogens is 146 g/mol. The van der Waals surface area contributed by atoms with Gasteiger partial charge in [-0.15, -0.1) is 10.6 Å². The van der Waals surface area contributed by atoms with E-state index in [1.54, 1.807) is 10.6 Å². The van der Waals surface area contributed by atoms with Crippen LogP contribution in [0.25, 0.3) is 0 Å². The van der Waals surface area contributed by atoms with Gasteiger partial charge in [-0.25, -0.2) is 0 Å². The van der Waals surface area contributed by atoms with Crippen LogP contribution in [0.2, 0.25) is 0 Å². The number of hydrogen-bond acceptors (Lipinski definition) is 0. The first-order chi connectivity index (χ1) is 4.38. The van der Waals surface area contributed by atoms with Crippen LogP contribution in [0.15, 0.2) is 5.53 Å². The summed E-state index contributed by atoms with van der Waals surface area (Å²) >= 11 is 0. The Kier molecular flexibility index (Phi) is 2.76. The molecule has 1 rings (SSSR count). The van der Waals surface area contributed by atoms with Crippen molar-refractivity contribution >= 4 is 16.4 Å². The topological polar surface area (TPSA) is 0 Å². The van der Waals surface area contributed by atoms with Crippen LogP contribution in [0.3, 0.4) is 0 Å². The summed E-state index contributed by atoms with van der Waals surface area (Å²) in [5.74, 6) is 0. The molecule has 1 heterocycles. The first-order valence-electron chi connectivity index (χ1n) is 3.33. The molecule has 1 aromatic heterocycles. The van der Waals surface area contributed by atoms with Crippen molar-refractivity contribution in [1.29, 1.82) is 0 Å². The van der Waals surface area contributed by atoms with Crippen LogP contribution in [0, 0.1) is 0 Å². The minimum atomic E-state index is 1.24. The normalized spacial score (nSPS) is 11.8. The van der Waals surface area contributed by atoms with Crippen molar-refractivity contribution in [2.75, 3.05) is 0 Å². The molecule has 0 bridgehead atoms. The summed E-state index contributed by atoms with van der Waals surface area (Å²) in [6.07, 6.45) is 2.49. The fourth-order valence-electron chi connectivity index (χ4n) is 0.908. The Balaban J connectivity index is 2.85. The van der Waals surface area contributed by atoms with Crippen LogP contribution in [0.1, 0.15) is 24.4 Å². The summed E-state index contributed by atoms with van der Waals surface area (Å²) < 4.78 is 0. The second kappa shape index (κ2) is 3.40. The monoisotopic (exact) mass is 157 g/mol. The van der Waals surface area contributed by atoms with Gasteiger partial charge in [-0.05, 0) is 12.8 Å². The predicted octanol–water partition coefficient (Wildman–Crippen LogP) is 3.69. The van der Waals surface area contributed by atoms with Gasteiger partial charge >= 0.3 is 0 Å².